The van der Waals surface area contributed by atoms with Crippen LogP contribution in [-0.2, 0) is 7.05 Å². The highest BCUT2D eigenvalue weighted by Gasteiger charge is 2.27. The first-order chi connectivity index (χ1) is 11.7. The molecule has 5 rings (SSSR count). The summed E-state index contributed by atoms with van der Waals surface area (Å²) in [4.78, 5) is 3.73. The van der Waals surface area contributed by atoms with Crippen LogP contribution in [0.4, 0.5) is 0 Å². The van der Waals surface area contributed by atoms with Crippen LogP contribution in [0.3, 0.4) is 0 Å². The lowest BCUT2D eigenvalue weighted by Crippen LogP contribution is -2.30. The van der Waals surface area contributed by atoms with Crippen LogP contribution in [0.2, 0.25) is 0 Å². The van der Waals surface area contributed by atoms with Gasteiger partial charge in [0.25, 0.3) is 5.82 Å². The minimum Gasteiger partial charge on any atom is -0.237 e. The number of fused-ring (bicyclic) bond motifs is 5. The second-order valence-electron chi connectivity index (χ2n) is 6.40. The normalized spacial score (nSPS) is 12.4. The maximum atomic E-state index is 3.73. The summed E-state index contributed by atoms with van der Waals surface area (Å²) in [6.45, 7) is 2.17. The minimum atomic E-state index is 0.725. The fourth-order valence-electron chi connectivity index (χ4n) is 3.72. The van der Waals surface area contributed by atoms with Gasteiger partial charge in [0.1, 0.15) is 9.52 Å². The van der Waals surface area contributed by atoms with Crippen molar-refractivity contribution < 1.29 is 4.57 Å². The number of nitrogens with one attached hydrogen (secondary N) is 1. The Morgan fingerprint density at radius 2 is 1.58 bits per heavy atom. The van der Waals surface area contributed by atoms with E-state index in [2.05, 4.69) is 84.2 Å². The summed E-state index contributed by atoms with van der Waals surface area (Å²) in [5, 5.41) is 2.90. The number of hydrogen-bond acceptors (Lipinski definition) is 0. The average molecular weight is 325 g/mol. The largest absolute Gasteiger partial charge is 0.287 e. The Balaban J connectivity index is 1.79. The molecule has 1 aliphatic rings. The summed E-state index contributed by atoms with van der Waals surface area (Å²) in [6, 6.07) is 21.9. The molecule has 1 N–H and O–H groups in total. The third-order valence-corrected chi connectivity index (χ3v) is 6.48. The molecular weight excluding hydrogens is 308 g/mol. The quantitative estimate of drug-likeness (QED) is 0.361. The number of imidazole rings is 1. The Bertz CT molecular complexity index is 1110. The molecule has 0 bridgehead atoms. The molecule has 0 aliphatic carbocycles. The first-order valence-corrected chi connectivity index (χ1v) is 9.21. The van der Waals surface area contributed by atoms with Crippen molar-refractivity contribution in [1.29, 1.82) is 0 Å². The standard InChI is InChI=1S/C21H16N2Si/c1-13-7-3-4-8-14(13)21-22-19-17(23(21)2)12-11-16-15-9-5-6-10-18(15)24-20(16)19/h3-12H,1-2H3/p+1. The third kappa shape index (κ3) is 1.79. The molecule has 0 spiro atoms. The van der Waals surface area contributed by atoms with Gasteiger partial charge in [-0.05, 0) is 47.0 Å². The highest BCUT2D eigenvalue weighted by Crippen LogP contribution is 2.26. The molecule has 1 aliphatic heterocycles. The molecule has 4 aromatic rings. The molecule has 2 radical (unpaired) electrons. The Morgan fingerprint density at radius 1 is 0.833 bits per heavy atom. The fourth-order valence-corrected chi connectivity index (χ4v) is 5.19. The van der Waals surface area contributed by atoms with E-state index in [0.29, 0.717) is 0 Å². The predicted molar refractivity (Wildman–Crippen MR) is 100 cm³/mol. The number of rotatable bonds is 1. The number of hydrogen-bond donors (Lipinski definition) is 1. The maximum Gasteiger partial charge on any atom is 0.287 e. The highest BCUT2D eigenvalue weighted by molar-refractivity contribution is 6.75. The van der Waals surface area contributed by atoms with E-state index in [-0.39, 0.29) is 0 Å². The van der Waals surface area contributed by atoms with Gasteiger partial charge in [-0.3, -0.25) is 0 Å². The molecule has 2 nitrogen and oxygen atoms in total. The fraction of sp³-hybridized carbons (Fsp3) is 0.0952. The van der Waals surface area contributed by atoms with Gasteiger partial charge in [0.2, 0.25) is 0 Å². The van der Waals surface area contributed by atoms with E-state index in [1.165, 1.54) is 49.5 Å². The Morgan fingerprint density at radius 3 is 2.42 bits per heavy atom. The number of H-pyrrole nitrogens is 1. The van der Waals surface area contributed by atoms with Crippen LogP contribution >= 0.6 is 0 Å². The minimum absolute atomic E-state index is 0.725. The van der Waals surface area contributed by atoms with Crippen LogP contribution in [0.25, 0.3) is 33.5 Å². The molecule has 3 aromatic carbocycles. The molecule has 2 heterocycles. The van der Waals surface area contributed by atoms with Gasteiger partial charge >= 0.3 is 0 Å². The number of aryl methyl sites for hydroxylation is 2. The summed E-state index contributed by atoms with van der Waals surface area (Å²) in [5.41, 5.74) is 7.89. The van der Waals surface area contributed by atoms with Crippen LogP contribution in [0, 0.1) is 6.92 Å². The first kappa shape index (κ1) is 13.8. The molecule has 0 unspecified atom stereocenters. The molecule has 0 atom stereocenters. The SMILES string of the molecule is Cc1ccccc1-c1[nH]c2c3c(ccc2[n+]1C)-c1ccccc1[Si]3. The Labute approximate surface area is 143 Å². The van der Waals surface area contributed by atoms with E-state index in [0.717, 1.165) is 9.52 Å². The lowest BCUT2D eigenvalue weighted by molar-refractivity contribution is -0.633. The van der Waals surface area contributed by atoms with Gasteiger partial charge in [-0.1, -0.05) is 47.7 Å². The van der Waals surface area contributed by atoms with Crippen molar-refractivity contribution >= 4 is 30.9 Å². The van der Waals surface area contributed by atoms with Gasteiger partial charge in [-0.2, -0.15) is 0 Å². The third-order valence-electron chi connectivity index (χ3n) is 5.00. The summed E-state index contributed by atoms with van der Waals surface area (Å²) in [7, 11) is 2.88. The van der Waals surface area contributed by atoms with Gasteiger partial charge in [0.15, 0.2) is 11.0 Å². The highest BCUT2D eigenvalue weighted by atomic mass is 28.2. The molecule has 0 saturated carbocycles. The predicted octanol–water partition coefficient (Wildman–Crippen LogP) is 2.60. The lowest BCUT2D eigenvalue weighted by Gasteiger charge is -2.00. The number of aromatic amines is 1. The molecule has 0 saturated heterocycles. The zero-order chi connectivity index (χ0) is 16.3. The number of benzene rings is 3. The summed E-state index contributed by atoms with van der Waals surface area (Å²) >= 11 is 0. The van der Waals surface area contributed by atoms with Crippen molar-refractivity contribution in [3.05, 3.63) is 66.2 Å². The van der Waals surface area contributed by atoms with Crippen molar-refractivity contribution in [3.63, 3.8) is 0 Å². The molecule has 1 aromatic heterocycles. The summed E-state index contributed by atoms with van der Waals surface area (Å²) in [5.74, 6) is 1.18. The van der Waals surface area contributed by atoms with Crippen molar-refractivity contribution in [1.82, 2.24) is 4.98 Å². The van der Waals surface area contributed by atoms with Crippen molar-refractivity contribution in [2.45, 2.75) is 6.92 Å². The molecular formula is C21H17N2Si+. The van der Waals surface area contributed by atoms with Crippen molar-refractivity contribution in [2.24, 2.45) is 7.05 Å². The number of nitrogens with zero attached hydrogens (tertiary/aromatic N) is 1. The van der Waals surface area contributed by atoms with Gasteiger partial charge in [-0.15, -0.1) is 0 Å². The van der Waals surface area contributed by atoms with E-state index >= 15 is 0 Å². The Hall–Kier alpha value is -2.65. The maximum absolute atomic E-state index is 3.73. The van der Waals surface area contributed by atoms with Crippen molar-refractivity contribution in [3.8, 4) is 22.5 Å². The van der Waals surface area contributed by atoms with Crippen molar-refractivity contribution in [2.75, 3.05) is 0 Å². The van der Waals surface area contributed by atoms with Crippen LogP contribution in [0.5, 0.6) is 0 Å². The monoisotopic (exact) mass is 325 g/mol. The second kappa shape index (κ2) is 4.92. The molecule has 0 amide bonds. The molecule has 3 heteroatoms. The van der Waals surface area contributed by atoms with Gasteiger partial charge < -0.3 is 0 Å². The zero-order valence-electron chi connectivity index (χ0n) is 13.7. The van der Waals surface area contributed by atoms with E-state index in [1.807, 2.05) is 0 Å². The van der Waals surface area contributed by atoms with Crippen LogP contribution in [0.15, 0.2) is 60.7 Å². The topological polar surface area (TPSA) is 19.7 Å². The van der Waals surface area contributed by atoms with E-state index in [1.54, 1.807) is 0 Å². The molecule has 114 valence electrons. The molecule has 0 fully saturated rings. The van der Waals surface area contributed by atoms with Crippen LogP contribution in [-0.4, -0.2) is 14.5 Å². The van der Waals surface area contributed by atoms with Gasteiger partial charge in [0, 0.05) is 0 Å². The summed E-state index contributed by atoms with van der Waals surface area (Å²) < 4.78 is 2.28. The number of aromatic nitrogens is 2. The van der Waals surface area contributed by atoms with E-state index in [4.69, 9.17) is 0 Å². The van der Waals surface area contributed by atoms with Gasteiger partial charge in [0.05, 0.1) is 12.6 Å². The average Bonchev–Trinajstić information content (AvgIpc) is 3.14. The smallest absolute Gasteiger partial charge is 0.237 e. The van der Waals surface area contributed by atoms with E-state index in [9.17, 15) is 0 Å². The lowest BCUT2D eigenvalue weighted by atomic mass is 10.1. The van der Waals surface area contributed by atoms with Crippen LogP contribution < -0.4 is 14.9 Å². The van der Waals surface area contributed by atoms with Gasteiger partial charge in [-0.25, -0.2) is 9.55 Å². The zero-order valence-corrected chi connectivity index (χ0v) is 14.7. The molecule has 24 heavy (non-hydrogen) atoms. The first-order valence-electron chi connectivity index (χ1n) is 8.21. The van der Waals surface area contributed by atoms with E-state index < -0.39 is 0 Å². The van der Waals surface area contributed by atoms with Crippen LogP contribution in [0.1, 0.15) is 5.56 Å². The second-order valence-corrected chi connectivity index (χ2v) is 7.69. The summed E-state index contributed by atoms with van der Waals surface area (Å²) in [6.07, 6.45) is 0. The Kier molecular flexibility index (Phi) is 2.82.